The highest BCUT2D eigenvalue weighted by atomic mass is 32.2. The number of nitrogens with zero attached hydrogens (tertiary/aromatic N) is 2. The van der Waals surface area contributed by atoms with Crippen molar-refractivity contribution in [1.82, 2.24) is 0 Å². The minimum absolute atomic E-state index is 0.127. The zero-order valence-corrected chi connectivity index (χ0v) is 19.3. The molecule has 3 aromatic rings. The molecule has 33 heavy (non-hydrogen) atoms. The number of Topliss-reactive ketones (excluding diaryl/α,β-unsaturated/α-hetero) is 1. The van der Waals surface area contributed by atoms with E-state index in [9.17, 15) is 17.6 Å². The maximum Gasteiger partial charge on any atom is 0.214 e. The van der Waals surface area contributed by atoms with E-state index in [4.69, 9.17) is 4.74 Å². The molecule has 0 saturated carbocycles. The third-order valence-electron chi connectivity index (χ3n) is 5.30. The summed E-state index contributed by atoms with van der Waals surface area (Å²) in [6.07, 6.45) is 1.26. The lowest BCUT2D eigenvalue weighted by Gasteiger charge is -2.29. The molecule has 0 spiro atoms. The van der Waals surface area contributed by atoms with Crippen LogP contribution < -0.4 is 14.5 Å². The van der Waals surface area contributed by atoms with Gasteiger partial charge in [0.05, 0.1) is 17.2 Å². The number of ketones is 1. The van der Waals surface area contributed by atoms with Gasteiger partial charge >= 0.3 is 0 Å². The molecular weight excluding hydrogens is 443 g/mol. The van der Waals surface area contributed by atoms with Crippen molar-refractivity contribution in [3.8, 4) is 5.75 Å². The highest BCUT2D eigenvalue weighted by Crippen LogP contribution is 2.41. The van der Waals surface area contributed by atoms with Crippen LogP contribution in [0.3, 0.4) is 0 Å². The summed E-state index contributed by atoms with van der Waals surface area (Å²) in [5.74, 6) is -0.644. The van der Waals surface area contributed by atoms with Crippen LogP contribution in [0.2, 0.25) is 0 Å². The zero-order chi connectivity index (χ0) is 23.8. The van der Waals surface area contributed by atoms with Crippen molar-refractivity contribution in [3.05, 3.63) is 89.2 Å². The van der Waals surface area contributed by atoms with E-state index in [0.29, 0.717) is 18.0 Å². The largest absolute Gasteiger partial charge is 0.494 e. The predicted molar refractivity (Wildman–Crippen MR) is 127 cm³/mol. The van der Waals surface area contributed by atoms with Crippen LogP contribution in [-0.4, -0.2) is 34.9 Å². The molecule has 3 aromatic carbocycles. The number of hydrogen-bond acceptors (Lipinski definition) is 6. The third-order valence-corrected chi connectivity index (χ3v) is 7.10. The number of carbonyl (C=O) groups excluding carboxylic acids is 1. The molecule has 0 amide bonds. The molecule has 0 radical (unpaired) electrons. The second-order valence-corrected chi connectivity index (χ2v) is 9.56. The number of sulfone groups is 1. The summed E-state index contributed by atoms with van der Waals surface area (Å²) in [4.78, 5) is 16.2. The molecule has 1 aliphatic heterocycles. The van der Waals surface area contributed by atoms with E-state index < -0.39 is 21.4 Å². The van der Waals surface area contributed by atoms with E-state index in [1.165, 1.54) is 29.3 Å². The fourth-order valence-corrected chi connectivity index (χ4v) is 5.12. The van der Waals surface area contributed by atoms with Gasteiger partial charge in [-0.05, 0) is 73.7 Å². The summed E-state index contributed by atoms with van der Waals surface area (Å²) in [5.41, 5.74) is 1.90. The van der Waals surface area contributed by atoms with Gasteiger partial charge in [0.15, 0.2) is 0 Å². The standard InChI is InChI=1S/C25H23FN2O4S/c1-4-32-21-12-5-17(6-13-21)25(29)24-16-28(20-10-8-19(9-11-20)27(2)3)22-15-18(26)7-14-23(22)33(24,30)31/h5-16H,4H2,1-3H3. The average molecular weight is 467 g/mol. The first kappa shape index (κ1) is 22.5. The van der Waals surface area contributed by atoms with Crippen LogP contribution in [0.4, 0.5) is 21.5 Å². The Balaban J connectivity index is 1.84. The fraction of sp³-hybridized carbons (Fsp3) is 0.160. The molecule has 1 heterocycles. The Kier molecular flexibility index (Phi) is 5.95. The summed E-state index contributed by atoms with van der Waals surface area (Å²) in [6, 6.07) is 17.0. The third kappa shape index (κ3) is 4.21. The zero-order valence-electron chi connectivity index (χ0n) is 18.4. The summed E-state index contributed by atoms with van der Waals surface area (Å²) < 4.78 is 46.2. The lowest BCUT2D eigenvalue weighted by Crippen LogP contribution is -2.26. The summed E-state index contributed by atoms with van der Waals surface area (Å²) in [5, 5.41) is 0. The minimum atomic E-state index is -4.17. The van der Waals surface area contributed by atoms with Crippen LogP contribution in [0.15, 0.2) is 82.7 Å². The van der Waals surface area contributed by atoms with E-state index in [1.807, 2.05) is 38.1 Å². The van der Waals surface area contributed by atoms with E-state index in [0.717, 1.165) is 17.8 Å². The summed E-state index contributed by atoms with van der Waals surface area (Å²) in [6.45, 7) is 2.32. The second kappa shape index (κ2) is 8.71. The predicted octanol–water partition coefficient (Wildman–Crippen LogP) is 4.94. The van der Waals surface area contributed by atoms with E-state index >= 15 is 0 Å². The Morgan fingerprint density at radius 2 is 1.67 bits per heavy atom. The first-order valence-corrected chi connectivity index (χ1v) is 11.8. The summed E-state index contributed by atoms with van der Waals surface area (Å²) in [7, 11) is -0.359. The molecule has 0 saturated heterocycles. The minimum Gasteiger partial charge on any atom is -0.494 e. The molecule has 0 aromatic heterocycles. The molecule has 0 aliphatic carbocycles. The number of rotatable bonds is 6. The van der Waals surface area contributed by atoms with E-state index in [2.05, 4.69) is 0 Å². The molecular formula is C25H23FN2O4S. The molecule has 0 unspecified atom stereocenters. The molecule has 0 atom stereocenters. The summed E-state index contributed by atoms with van der Waals surface area (Å²) >= 11 is 0. The van der Waals surface area contributed by atoms with Gasteiger partial charge in [0, 0.05) is 37.2 Å². The smallest absolute Gasteiger partial charge is 0.214 e. The number of anilines is 3. The average Bonchev–Trinajstić information content (AvgIpc) is 2.79. The molecule has 8 heteroatoms. The highest BCUT2D eigenvalue weighted by Gasteiger charge is 2.36. The molecule has 4 rings (SSSR count). The number of hydrogen-bond donors (Lipinski definition) is 0. The highest BCUT2D eigenvalue weighted by molar-refractivity contribution is 7.96. The van der Waals surface area contributed by atoms with Crippen LogP contribution in [-0.2, 0) is 9.84 Å². The van der Waals surface area contributed by atoms with Gasteiger partial charge in [-0.2, -0.15) is 0 Å². The van der Waals surface area contributed by atoms with Crippen molar-refractivity contribution < 1.29 is 22.3 Å². The molecule has 0 fully saturated rings. The maximum absolute atomic E-state index is 14.1. The monoisotopic (exact) mass is 466 g/mol. The van der Waals surface area contributed by atoms with Crippen molar-refractivity contribution in [1.29, 1.82) is 0 Å². The van der Waals surface area contributed by atoms with Gasteiger partial charge in [-0.3, -0.25) is 4.79 Å². The van der Waals surface area contributed by atoms with Crippen molar-refractivity contribution in [2.24, 2.45) is 0 Å². The Morgan fingerprint density at radius 3 is 2.27 bits per heavy atom. The van der Waals surface area contributed by atoms with Crippen LogP contribution in [0.5, 0.6) is 5.75 Å². The van der Waals surface area contributed by atoms with E-state index in [1.54, 1.807) is 24.3 Å². The first-order valence-electron chi connectivity index (χ1n) is 10.3. The van der Waals surface area contributed by atoms with Gasteiger partial charge in [0.25, 0.3) is 0 Å². The Labute approximate surface area is 192 Å². The van der Waals surface area contributed by atoms with Crippen LogP contribution in [0.25, 0.3) is 0 Å². The SMILES string of the molecule is CCOc1ccc(C(=O)C2=CN(c3ccc(N(C)C)cc3)c3cc(F)ccc3S2(=O)=O)cc1. The molecule has 0 bridgehead atoms. The van der Waals surface area contributed by atoms with Crippen molar-refractivity contribution in [3.63, 3.8) is 0 Å². The Hall–Kier alpha value is -3.65. The van der Waals surface area contributed by atoms with Crippen LogP contribution >= 0.6 is 0 Å². The van der Waals surface area contributed by atoms with Crippen molar-refractivity contribution in [2.45, 2.75) is 11.8 Å². The maximum atomic E-state index is 14.1. The number of halogens is 1. The molecule has 1 aliphatic rings. The Bertz CT molecular complexity index is 1330. The van der Waals surface area contributed by atoms with Gasteiger partial charge in [0.1, 0.15) is 16.5 Å². The fourth-order valence-electron chi connectivity index (χ4n) is 3.60. The quantitative estimate of drug-likeness (QED) is 0.379. The lowest BCUT2D eigenvalue weighted by molar-refractivity contribution is 0.104. The topological polar surface area (TPSA) is 66.9 Å². The number of carbonyl (C=O) groups is 1. The molecule has 170 valence electrons. The van der Waals surface area contributed by atoms with Gasteiger partial charge in [-0.25, -0.2) is 12.8 Å². The van der Waals surface area contributed by atoms with Crippen LogP contribution in [0.1, 0.15) is 17.3 Å². The van der Waals surface area contributed by atoms with E-state index in [-0.39, 0.29) is 21.1 Å². The number of benzene rings is 3. The van der Waals surface area contributed by atoms with Gasteiger partial charge in [-0.1, -0.05) is 0 Å². The number of fused-ring (bicyclic) bond motifs is 1. The first-order chi connectivity index (χ1) is 15.7. The van der Waals surface area contributed by atoms with Gasteiger partial charge in [-0.15, -0.1) is 0 Å². The second-order valence-electron chi connectivity index (χ2n) is 7.68. The molecule has 6 nitrogen and oxygen atoms in total. The van der Waals surface area contributed by atoms with Gasteiger partial charge < -0.3 is 14.5 Å². The Morgan fingerprint density at radius 1 is 1.00 bits per heavy atom. The van der Waals surface area contributed by atoms with Crippen molar-refractivity contribution in [2.75, 3.05) is 30.5 Å². The lowest BCUT2D eigenvalue weighted by atomic mass is 10.1. The normalized spacial score (nSPS) is 14.3. The van der Waals surface area contributed by atoms with Crippen molar-refractivity contribution >= 4 is 32.7 Å². The number of allylic oxidation sites excluding steroid dienone is 1. The van der Waals surface area contributed by atoms with Crippen LogP contribution in [0, 0.1) is 5.82 Å². The molecule has 0 N–H and O–H groups in total. The van der Waals surface area contributed by atoms with Gasteiger partial charge in [0.2, 0.25) is 15.6 Å². The number of ether oxygens (including phenoxy) is 1.